The van der Waals surface area contributed by atoms with Crippen LogP contribution in [0.3, 0.4) is 0 Å². The van der Waals surface area contributed by atoms with Crippen molar-refractivity contribution in [1.82, 2.24) is 0 Å². The van der Waals surface area contributed by atoms with Crippen LogP contribution in [0.4, 0.5) is 22.7 Å². The molecule has 2 aliphatic rings. The molecule has 0 bridgehead atoms. The molecular weight excluding hydrogens is 857 g/mol. The Kier molecular flexibility index (Phi) is 22.1. The minimum atomic E-state index is -4.64. The van der Waals surface area contributed by atoms with Gasteiger partial charge in [-0.3, -0.25) is 0 Å². The van der Waals surface area contributed by atoms with Gasteiger partial charge in [-0.1, -0.05) is 202 Å². The summed E-state index contributed by atoms with van der Waals surface area (Å²) >= 11 is 0. The number of hydrogen-bond acceptors (Lipinski definition) is 10. The molecule has 13 heteroatoms. The van der Waals surface area contributed by atoms with Gasteiger partial charge in [0.25, 0.3) is 0 Å². The van der Waals surface area contributed by atoms with E-state index >= 15 is 0 Å². The van der Waals surface area contributed by atoms with Gasteiger partial charge in [0.15, 0.2) is 0 Å². The van der Waals surface area contributed by atoms with Gasteiger partial charge < -0.3 is 29.5 Å². The third-order valence-electron chi connectivity index (χ3n) is 12.4. The molecule has 0 saturated carbocycles. The third kappa shape index (κ3) is 14.6. The van der Waals surface area contributed by atoms with Gasteiger partial charge in [-0.2, -0.15) is 0 Å². The standard InChI is InChI=1S/2C25H36N2O3S.Ca/c2*1-2-3-4-5-6-7-8-9-15-20-25(31(28,29)30)26-23-18-13-14-19-24(23)27(25)21-22-16-11-10-12-17-22;/h2*10-14,16-19,26H,2-9,15,20-21H2,1H3,(H,28,29,30);/q;;+2/p-2. The van der Waals surface area contributed by atoms with E-state index in [1.54, 1.807) is 9.80 Å². The zero-order valence-electron chi connectivity index (χ0n) is 37.8. The van der Waals surface area contributed by atoms with Crippen LogP contribution in [-0.4, -0.2) is 73.7 Å². The SMILES string of the molecule is CCCCCCCCCCCC1(S(=O)(=O)[O-])Nc2ccccc2N1Cc1ccccc1.CCCCCCCCCCCC1(S(=O)(=O)[O-])Nc2ccccc2N1Cc1ccccc1.[Ca+2]. The molecule has 2 aliphatic heterocycles. The summed E-state index contributed by atoms with van der Waals surface area (Å²) in [6, 6.07) is 34.3. The van der Waals surface area contributed by atoms with Crippen molar-refractivity contribution < 1.29 is 25.9 Å². The van der Waals surface area contributed by atoms with Gasteiger partial charge in [0, 0.05) is 25.9 Å². The Morgan fingerprint density at radius 1 is 0.429 bits per heavy atom. The summed E-state index contributed by atoms with van der Waals surface area (Å²) in [4.78, 5) is 0.219. The van der Waals surface area contributed by atoms with E-state index in [1.807, 2.05) is 109 Å². The fraction of sp³-hybridized carbons (Fsp3) is 0.520. The van der Waals surface area contributed by atoms with E-state index in [1.165, 1.54) is 77.0 Å². The maximum absolute atomic E-state index is 12.6. The topological polar surface area (TPSA) is 145 Å². The number of nitrogens with zero attached hydrogens (tertiary/aromatic N) is 2. The number of hydrogen-bond donors (Lipinski definition) is 2. The monoisotopic (exact) mass is 926 g/mol. The largest absolute Gasteiger partial charge is 2.00 e. The first-order valence-electron chi connectivity index (χ1n) is 23.2. The van der Waals surface area contributed by atoms with E-state index < -0.39 is 30.2 Å². The van der Waals surface area contributed by atoms with Crippen LogP contribution in [0.1, 0.15) is 153 Å². The Balaban J connectivity index is 0.000000272. The molecular formula is C50H70CaN4O6S2. The molecule has 4 aromatic rings. The van der Waals surface area contributed by atoms with Gasteiger partial charge in [0.1, 0.15) is 20.2 Å². The minimum Gasteiger partial charge on any atom is -0.745 e. The first kappa shape index (κ1) is 52.8. The molecule has 0 radical (unpaired) electrons. The van der Waals surface area contributed by atoms with E-state index in [4.69, 9.17) is 0 Å². The Morgan fingerprint density at radius 2 is 0.714 bits per heavy atom. The van der Waals surface area contributed by atoms with Crippen molar-refractivity contribution in [3.63, 3.8) is 0 Å². The van der Waals surface area contributed by atoms with Crippen molar-refractivity contribution >= 4 is 80.7 Å². The maximum atomic E-state index is 12.6. The molecule has 0 saturated heterocycles. The molecule has 0 fully saturated rings. The second-order valence-corrected chi connectivity index (χ2v) is 20.2. The van der Waals surface area contributed by atoms with Crippen LogP contribution < -0.4 is 20.4 Å². The normalized spacial score (nSPS) is 17.8. The molecule has 63 heavy (non-hydrogen) atoms. The van der Waals surface area contributed by atoms with Crippen molar-refractivity contribution in [2.45, 2.75) is 165 Å². The molecule has 0 spiro atoms. The van der Waals surface area contributed by atoms with Gasteiger partial charge in [-0.05, 0) is 48.2 Å². The summed E-state index contributed by atoms with van der Waals surface area (Å²) < 4.78 is 75.8. The van der Waals surface area contributed by atoms with Crippen LogP contribution in [0.15, 0.2) is 109 Å². The molecule has 0 aromatic heterocycles. The van der Waals surface area contributed by atoms with Crippen LogP contribution in [0.5, 0.6) is 0 Å². The number of rotatable bonds is 26. The molecule has 2 atom stereocenters. The van der Waals surface area contributed by atoms with Crippen molar-refractivity contribution in [1.29, 1.82) is 0 Å². The summed E-state index contributed by atoms with van der Waals surface area (Å²) in [6.45, 7) is 5.17. The number of nitrogens with one attached hydrogen (secondary N) is 2. The summed E-state index contributed by atoms with van der Waals surface area (Å²) in [6.07, 6.45) is 21.0. The van der Waals surface area contributed by atoms with Crippen molar-refractivity contribution in [2.75, 3.05) is 20.4 Å². The molecule has 0 amide bonds. The Labute approximate surface area is 409 Å². The van der Waals surface area contributed by atoms with Crippen LogP contribution in [0.25, 0.3) is 0 Å². The second kappa shape index (κ2) is 26.3. The molecule has 6 rings (SSSR count). The molecule has 340 valence electrons. The summed E-state index contributed by atoms with van der Waals surface area (Å²) in [5, 5.41) is 6.22. The van der Waals surface area contributed by atoms with Crippen molar-refractivity contribution in [3.05, 3.63) is 120 Å². The van der Waals surface area contributed by atoms with Gasteiger partial charge in [0.05, 0.1) is 22.7 Å². The minimum absolute atomic E-state index is 0. The fourth-order valence-electron chi connectivity index (χ4n) is 8.92. The van der Waals surface area contributed by atoms with E-state index in [2.05, 4.69) is 24.5 Å². The van der Waals surface area contributed by atoms with E-state index in [9.17, 15) is 25.9 Å². The van der Waals surface area contributed by atoms with Gasteiger partial charge in [0.2, 0.25) is 9.99 Å². The molecule has 10 nitrogen and oxygen atoms in total. The van der Waals surface area contributed by atoms with Crippen LogP contribution in [-0.2, 0) is 33.3 Å². The summed E-state index contributed by atoms with van der Waals surface area (Å²) in [5.74, 6) is 0. The Morgan fingerprint density at radius 3 is 1.03 bits per heavy atom. The second-order valence-electron chi connectivity index (χ2n) is 17.1. The average Bonchev–Trinajstić information content (AvgIpc) is 3.76. The molecule has 2 N–H and O–H groups in total. The van der Waals surface area contributed by atoms with E-state index in [0.29, 0.717) is 37.3 Å². The first-order valence-corrected chi connectivity index (χ1v) is 26.1. The number of unbranched alkanes of at least 4 members (excludes halogenated alkanes) is 16. The zero-order valence-corrected chi connectivity index (χ0v) is 41.7. The fourth-order valence-corrected chi connectivity index (χ4v) is 11.0. The summed E-state index contributed by atoms with van der Waals surface area (Å²) in [7, 11) is -9.29. The Hall–Kier alpha value is -2.84. The predicted molar refractivity (Wildman–Crippen MR) is 260 cm³/mol. The smallest absolute Gasteiger partial charge is 0.745 e. The number of benzene rings is 4. The third-order valence-corrected chi connectivity index (χ3v) is 15.1. The van der Waals surface area contributed by atoms with E-state index in [0.717, 1.165) is 48.2 Å². The predicted octanol–water partition coefficient (Wildman–Crippen LogP) is 12.1. The van der Waals surface area contributed by atoms with Crippen molar-refractivity contribution in [2.24, 2.45) is 0 Å². The van der Waals surface area contributed by atoms with Crippen LogP contribution >= 0.6 is 0 Å². The van der Waals surface area contributed by atoms with Crippen LogP contribution in [0, 0.1) is 0 Å². The molecule has 4 aromatic carbocycles. The molecule has 0 aliphatic carbocycles. The van der Waals surface area contributed by atoms with Gasteiger partial charge in [-0.15, -0.1) is 0 Å². The maximum Gasteiger partial charge on any atom is 2.00 e. The number of anilines is 4. The number of fused-ring (bicyclic) bond motifs is 2. The zero-order chi connectivity index (χ0) is 44.3. The van der Waals surface area contributed by atoms with E-state index in [-0.39, 0.29) is 50.6 Å². The Bertz CT molecular complexity index is 2000. The number of para-hydroxylation sites is 4. The van der Waals surface area contributed by atoms with Gasteiger partial charge in [-0.25, -0.2) is 16.8 Å². The summed E-state index contributed by atoms with van der Waals surface area (Å²) in [5.41, 5.74) is 4.88. The van der Waals surface area contributed by atoms with Gasteiger partial charge >= 0.3 is 37.7 Å². The van der Waals surface area contributed by atoms with Crippen molar-refractivity contribution in [3.8, 4) is 0 Å². The average molecular weight is 927 g/mol. The quantitative estimate of drug-likeness (QED) is 0.0355. The first-order chi connectivity index (χ1) is 30.0. The molecule has 2 unspecified atom stereocenters. The molecule has 2 heterocycles. The van der Waals surface area contributed by atoms with Crippen LogP contribution in [0.2, 0.25) is 0 Å².